The summed E-state index contributed by atoms with van der Waals surface area (Å²) in [5.74, 6) is 1.74. The van der Waals surface area contributed by atoms with Crippen LogP contribution in [0.25, 0.3) is 16.8 Å². The maximum atomic E-state index is 12.4. The van der Waals surface area contributed by atoms with Gasteiger partial charge in [-0.3, -0.25) is 4.79 Å². The molecular weight excluding hydrogens is 312 g/mol. The second kappa shape index (κ2) is 6.44. The molecule has 0 unspecified atom stereocenters. The molecule has 0 radical (unpaired) electrons. The minimum absolute atomic E-state index is 0.00419. The molecule has 124 valence electrons. The van der Waals surface area contributed by atoms with E-state index < -0.39 is 0 Å². The molecule has 3 aromatic carbocycles. The minimum Gasteiger partial charge on any atom is -0.497 e. The molecule has 3 heteroatoms. The number of rotatable bonds is 4. The first-order valence-corrected chi connectivity index (χ1v) is 8.29. The van der Waals surface area contributed by atoms with Gasteiger partial charge in [0.25, 0.3) is 0 Å². The lowest BCUT2D eigenvalue weighted by molar-refractivity contribution is 0.104. The van der Waals surface area contributed by atoms with Crippen LogP contribution in [0, 0.1) is 0 Å². The van der Waals surface area contributed by atoms with Gasteiger partial charge >= 0.3 is 0 Å². The number of allylic oxidation sites excluding steroid dienone is 1. The first-order chi connectivity index (χ1) is 12.2. The van der Waals surface area contributed by atoms with Crippen LogP contribution in [-0.2, 0) is 6.42 Å². The van der Waals surface area contributed by atoms with E-state index in [0.717, 1.165) is 39.8 Å². The fourth-order valence-electron chi connectivity index (χ4n) is 3.08. The number of benzene rings is 3. The number of fused-ring (bicyclic) bond motifs is 2. The van der Waals surface area contributed by atoms with Crippen LogP contribution in [0.15, 0.2) is 60.7 Å². The van der Waals surface area contributed by atoms with Crippen molar-refractivity contribution in [3.05, 3.63) is 77.4 Å². The number of hydrogen-bond acceptors (Lipinski definition) is 3. The molecule has 1 aliphatic rings. The van der Waals surface area contributed by atoms with E-state index in [2.05, 4.69) is 6.07 Å². The zero-order valence-corrected chi connectivity index (χ0v) is 14.0. The summed E-state index contributed by atoms with van der Waals surface area (Å²) < 4.78 is 10.7. The second-order valence-electron chi connectivity index (χ2n) is 6.09. The predicted octanol–water partition coefficient (Wildman–Crippen LogP) is 4.68. The lowest BCUT2D eigenvalue weighted by Crippen LogP contribution is -1.95. The Balaban J connectivity index is 1.56. The van der Waals surface area contributed by atoms with E-state index in [-0.39, 0.29) is 5.78 Å². The molecule has 0 bridgehead atoms. The van der Waals surface area contributed by atoms with Gasteiger partial charge in [-0.1, -0.05) is 24.3 Å². The summed E-state index contributed by atoms with van der Waals surface area (Å²) in [6.07, 6.45) is 4.35. The first kappa shape index (κ1) is 15.5. The molecule has 0 atom stereocenters. The highest BCUT2D eigenvalue weighted by atomic mass is 16.5. The van der Waals surface area contributed by atoms with Gasteiger partial charge in [0, 0.05) is 12.0 Å². The molecule has 4 rings (SSSR count). The van der Waals surface area contributed by atoms with Crippen molar-refractivity contribution < 1.29 is 14.3 Å². The van der Waals surface area contributed by atoms with Gasteiger partial charge in [0.1, 0.15) is 11.5 Å². The standard InChI is InChI=1S/C22H18O3/c1-24-20-7-5-16-12-15(2-4-17(16)14-20)3-8-21(23)18-6-9-22-19(13-18)10-11-25-22/h2-9,12-14H,10-11H2,1H3/b8-3+. The zero-order chi connectivity index (χ0) is 17.2. The highest BCUT2D eigenvalue weighted by Gasteiger charge is 2.13. The molecule has 3 nitrogen and oxygen atoms in total. The van der Waals surface area contributed by atoms with Crippen molar-refractivity contribution in [3.8, 4) is 11.5 Å². The molecule has 0 saturated carbocycles. The molecule has 0 spiro atoms. The van der Waals surface area contributed by atoms with Gasteiger partial charge in [0.05, 0.1) is 13.7 Å². The number of ketones is 1. The normalized spacial score (nSPS) is 13.0. The van der Waals surface area contributed by atoms with Gasteiger partial charge in [0.15, 0.2) is 5.78 Å². The number of carbonyl (C=O) groups is 1. The number of ether oxygens (including phenoxy) is 2. The molecule has 0 aromatic heterocycles. The number of hydrogen-bond donors (Lipinski definition) is 0. The topological polar surface area (TPSA) is 35.5 Å². The van der Waals surface area contributed by atoms with Gasteiger partial charge in [-0.2, -0.15) is 0 Å². The van der Waals surface area contributed by atoms with E-state index >= 15 is 0 Å². The second-order valence-corrected chi connectivity index (χ2v) is 6.09. The maximum Gasteiger partial charge on any atom is 0.185 e. The van der Waals surface area contributed by atoms with Crippen molar-refractivity contribution in [3.63, 3.8) is 0 Å². The summed E-state index contributed by atoms with van der Waals surface area (Å²) in [4.78, 5) is 12.4. The molecule has 0 saturated heterocycles. The summed E-state index contributed by atoms with van der Waals surface area (Å²) in [7, 11) is 1.66. The molecule has 0 aliphatic carbocycles. The zero-order valence-electron chi connectivity index (χ0n) is 14.0. The highest BCUT2D eigenvalue weighted by Crippen LogP contribution is 2.26. The smallest absolute Gasteiger partial charge is 0.185 e. The summed E-state index contributed by atoms with van der Waals surface area (Å²) in [6.45, 7) is 0.699. The Morgan fingerprint density at radius 3 is 2.76 bits per heavy atom. The van der Waals surface area contributed by atoms with E-state index in [1.807, 2.05) is 54.6 Å². The third-order valence-corrected chi connectivity index (χ3v) is 4.47. The van der Waals surface area contributed by atoms with Crippen LogP contribution in [-0.4, -0.2) is 19.5 Å². The predicted molar refractivity (Wildman–Crippen MR) is 99.5 cm³/mol. The van der Waals surface area contributed by atoms with Crippen molar-refractivity contribution in [2.24, 2.45) is 0 Å². The Morgan fingerprint density at radius 2 is 1.88 bits per heavy atom. The van der Waals surface area contributed by atoms with Crippen LogP contribution in [0.1, 0.15) is 21.5 Å². The van der Waals surface area contributed by atoms with Crippen molar-refractivity contribution in [2.75, 3.05) is 13.7 Å². The summed E-state index contributed by atoms with van der Waals surface area (Å²) >= 11 is 0. The largest absolute Gasteiger partial charge is 0.497 e. The average molecular weight is 330 g/mol. The van der Waals surface area contributed by atoms with E-state index in [9.17, 15) is 4.79 Å². The summed E-state index contributed by atoms with van der Waals surface area (Å²) in [5, 5.41) is 2.23. The molecule has 3 aromatic rings. The lowest BCUT2D eigenvalue weighted by Gasteiger charge is -2.04. The molecule has 1 heterocycles. The summed E-state index contributed by atoms with van der Waals surface area (Å²) in [5.41, 5.74) is 2.81. The van der Waals surface area contributed by atoms with Gasteiger partial charge < -0.3 is 9.47 Å². The molecule has 0 amide bonds. The number of carbonyl (C=O) groups excluding carboxylic acids is 1. The fraction of sp³-hybridized carbons (Fsp3) is 0.136. The number of methoxy groups -OCH3 is 1. The third kappa shape index (κ3) is 3.13. The van der Waals surface area contributed by atoms with Crippen LogP contribution in [0.2, 0.25) is 0 Å². The van der Waals surface area contributed by atoms with Crippen molar-refractivity contribution >= 4 is 22.6 Å². The van der Waals surface area contributed by atoms with Crippen LogP contribution in [0.3, 0.4) is 0 Å². The SMILES string of the molecule is COc1ccc2cc(/C=C/C(=O)c3ccc4c(c3)CCO4)ccc2c1. The first-order valence-electron chi connectivity index (χ1n) is 8.29. The quantitative estimate of drug-likeness (QED) is 0.515. The van der Waals surface area contributed by atoms with Crippen LogP contribution in [0.5, 0.6) is 11.5 Å². The van der Waals surface area contributed by atoms with Gasteiger partial charge in [-0.25, -0.2) is 0 Å². The van der Waals surface area contributed by atoms with Gasteiger partial charge in [-0.05, 0) is 64.4 Å². The van der Waals surface area contributed by atoms with Gasteiger partial charge in [-0.15, -0.1) is 0 Å². The van der Waals surface area contributed by atoms with Crippen molar-refractivity contribution in [1.29, 1.82) is 0 Å². The molecule has 0 fully saturated rings. The Kier molecular flexibility index (Phi) is 3.98. The molecular formula is C22H18O3. The van der Waals surface area contributed by atoms with Gasteiger partial charge in [0.2, 0.25) is 0 Å². The maximum absolute atomic E-state index is 12.4. The van der Waals surface area contributed by atoms with E-state index in [4.69, 9.17) is 9.47 Å². The Labute approximate surface area is 146 Å². The Morgan fingerprint density at radius 1 is 1.04 bits per heavy atom. The van der Waals surface area contributed by atoms with Crippen LogP contribution >= 0.6 is 0 Å². The summed E-state index contributed by atoms with van der Waals surface area (Å²) in [6, 6.07) is 17.7. The average Bonchev–Trinajstić information content (AvgIpc) is 3.13. The Hall–Kier alpha value is -3.07. The van der Waals surface area contributed by atoms with E-state index in [0.29, 0.717) is 12.2 Å². The van der Waals surface area contributed by atoms with Crippen LogP contribution < -0.4 is 9.47 Å². The molecule has 1 aliphatic heterocycles. The monoisotopic (exact) mass is 330 g/mol. The third-order valence-electron chi connectivity index (χ3n) is 4.47. The van der Waals surface area contributed by atoms with Crippen molar-refractivity contribution in [1.82, 2.24) is 0 Å². The van der Waals surface area contributed by atoms with Crippen LogP contribution in [0.4, 0.5) is 0 Å². The lowest BCUT2D eigenvalue weighted by atomic mass is 10.0. The Bertz CT molecular complexity index is 986. The minimum atomic E-state index is 0.00419. The highest BCUT2D eigenvalue weighted by molar-refractivity contribution is 6.07. The molecule has 0 N–H and O–H groups in total. The van der Waals surface area contributed by atoms with Crippen molar-refractivity contribution in [2.45, 2.75) is 6.42 Å². The van der Waals surface area contributed by atoms with E-state index in [1.54, 1.807) is 13.2 Å². The van der Waals surface area contributed by atoms with E-state index in [1.165, 1.54) is 0 Å². The fourth-order valence-corrected chi connectivity index (χ4v) is 3.08. The molecule has 25 heavy (non-hydrogen) atoms.